The van der Waals surface area contributed by atoms with Gasteiger partial charge in [-0.15, -0.1) is 23.1 Å². The maximum atomic E-state index is 12.0. The number of thioether (sulfide) groups is 1. The molecule has 0 radical (unpaired) electrons. The molecule has 25 heavy (non-hydrogen) atoms. The first kappa shape index (κ1) is 16.1. The summed E-state index contributed by atoms with van der Waals surface area (Å²) in [6.07, 6.45) is 1.74. The van der Waals surface area contributed by atoms with Crippen LogP contribution in [0.15, 0.2) is 57.3 Å². The fraction of sp³-hybridized carbons (Fsp3) is 0.167. The molecule has 0 spiro atoms. The Morgan fingerprint density at radius 1 is 1.20 bits per heavy atom. The van der Waals surface area contributed by atoms with Gasteiger partial charge in [0.2, 0.25) is 0 Å². The van der Waals surface area contributed by atoms with E-state index in [4.69, 9.17) is 4.52 Å². The molecule has 4 aromatic rings. The lowest BCUT2D eigenvalue weighted by Crippen LogP contribution is -2.12. The van der Waals surface area contributed by atoms with E-state index >= 15 is 0 Å². The molecule has 0 bridgehead atoms. The van der Waals surface area contributed by atoms with Crippen LogP contribution in [0.4, 0.5) is 0 Å². The van der Waals surface area contributed by atoms with Crippen LogP contribution >= 0.6 is 23.1 Å². The Hall–Kier alpha value is -2.38. The van der Waals surface area contributed by atoms with Crippen molar-refractivity contribution >= 4 is 28.1 Å². The highest BCUT2D eigenvalue weighted by Gasteiger charge is 2.08. The van der Waals surface area contributed by atoms with E-state index in [0.717, 1.165) is 27.7 Å². The number of rotatable bonds is 5. The van der Waals surface area contributed by atoms with Crippen LogP contribution in [0.2, 0.25) is 0 Å². The number of fused-ring (bicyclic) bond motifs is 1. The van der Waals surface area contributed by atoms with Crippen LogP contribution in [0.5, 0.6) is 0 Å². The molecular formula is C18H15N3O2S2. The number of hydrogen-bond acceptors (Lipinski definition) is 6. The van der Waals surface area contributed by atoms with Gasteiger partial charge in [0, 0.05) is 35.0 Å². The van der Waals surface area contributed by atoms with Crippen molar-refractivity contribution < 1.29 is 4.52 Å². The standard InChI is InChI=1S/C18H15N3O2S2/c1-12-2-4-13(5-3-12)16-9-15(23-20-16)11-24-10-14-8-17(22)21-6-7-25-18(21)19-14/h2-9H,10-11H2,1H3. The van der Waals surface area contributed by atoms with Gasteiger partial charge in [0.15, 0.2) is 4.96 Å². The van der Waals surface area contributed by atoms with Crippen molar-refractivity contribution in [2.45, 2.75) is 18.4 Å². The van der Waals surface area contributed by atoms with Gasteiger partial charge in [0.1, 0.15) is 11.5 Å². The molecule has 0 N–H and O–H groups in total. The summed E-state index contributed by atoms with van der Waals surface area (Å²) in [4.78, 5) is 17.2. The molecule has 7 heteroatoms. The maximum absolute atomic E-state index is 12.0. The molecule has 0 amide bonds. The number of nitrogens with zero attached hydrogens (tertiary/aromatic N) is 3. The molecule has 0 aliphatic rings. The van der Waals surface area contributed by atoms with Gasteiger partial charge in [-0.25, -0.2) is 4.98 Å². The van der Waals surface area contributed by atoms with E-state index in [1.54, 1.807) is 28.4 Å². The van der Waals surface area contributed by atoms with Gasteiger partial charge in [0.25, 0.3) is 5.56 Å². The van der Waals surface area contributed by atoms with Crippen molar-refractivity contribution in [2.24, 2.45) is 0 Å². The largest absolute Gasteiger partial charge is 0.360 e. The molecule has 126 valence electrons. The van der Waals surface area contributed by atoms with E-state index in [-0.39, 0.29) is 5.56 Å². The molecule has 0 aliphatic carbocycles. The van der Waals surface area contributed by atoms with Crippen molar-refractivity contribution in [3.63, 3.8) is 0 Å². The van der Waals surface area contributed by atoms with E-state index in [2.05, 4.69) is 29.2 Å². The fourth-order valence-electron chi connectivity index (χ4n) is 2.46. The third kappa shape index (κ3) is 3.52. The Morgan fingerprint density at radius 3 is 2.88 bits per heavy atom. The molecular weight excluding hydrogens is 354 g/mol. The van der Waals surface area contributed by atoms with Crippen molar-refractivity contribution in [2.75, 3.05) is 0 Å². The van der Waals surface area contributed by atoms with E-state index in [1.165, 1.54) is 16.9 Å². The lowest BCUT2D eigenvalue weighted by Gasteiger charge is -1.99. The number of aromatic nitrogens is 3. The van der Waals surface area contributed by atoms with Crippen LogP contribution in [0, 0.1) is 6.92 Å². The third-order valence-corrected chi connectivity index (χ3v) is 5.50. The predicted molar refractivity (Wildman–Crippen MR) is 101 cm³/mol. The molecule has 0 aliphatic heterocycles. The first-order chi connectivity index (χ1) is 12.2. The third-order valence-electron chi connectivity index (χ3n) is 3.76. The Bertz CT molecular complexity index is 1060. The van der Waals surface area contributed by atoms with E-state index < -0.39 is 0 Å². The predicted octanol–water partition coefficient (Wildman–Crippen LogP) is 4.15. The topological polar surface area (TPSA) is 60.4 Å². The van der Waals surface area contributed by atoms with Crippen LogP contribution in [-0.2, 0) is 11.5 Å². The summed E-state index contributed by atoms with van der Waals surface area (Å²) in [5.41, 5.74) is 3.85. The summed E-state index contributed by atoms with van der Waals surface area (Å²) in [5.74, 6) is 2.16. The van der Waals surface area contributed by atoms with Crippen molar-refractivity contribution in [3.05, 3.63) is 75.3 Å². The molecule has 0 fully saturated rings. The van der Waals surface area contributed by atoms with E-state index in [1.807, 2.05) is 23.6 Å². The Kier molecular flexibility index (Phi) is 4.42. The summed E-state index contributed by atoms with van der Waals surface area (Å²) in [7, 11) is 0. The number of aryl methyl sites for hydroxylation is 1. The number of benzene rings is 1. The normalized spacial score (nSPS) is 11.2. The van der Waals surface area contributed by atoms with Gasteiger partial charge in [-0.3, -0.25) is 9.20 Å². The van der Waals surface area contributed by atoms with Crippen LogP contribution < -0.4 is 5.56 Å². The first-order valence-electron chi connectivity index (χ1n) is 7.75. The average molecular weight is 369 g/mol. The van der Waals surface area contributed by atoms with Gasteiger partial charge in [-0.05, 0) is 6.92 Å². The highest BCUT2D eigenvalue weighted by molar-refractivity contribution is 7.97. The van der Waals surface area contributed by atoms with Crippen LogP contribution in [-0.4, -0.2) is 14.5 Å². The van der Waals surface area contributed by atoms with Gasteiger partial charge >= 0.3 is 0 Å². The summed E-state index contributed by atoms with van der Waals surface area (Å²) in [6.45, 7) is 2.06. The monoisotopic (exact) mass is 369 g/mol. The summed E-state index contributed by atoms with van der Waals surface area (Å²) >= 11 is 3.11. The second-order valence-electron chi connectivity index (χ2n) is 5.68. The molecule has 0 saturated carbocycles. The second-order valence-corrected chi connectivity index (χ2v) is 7.54. The van der Waals surface area contributed by atoms with Crippen molar-refractivity contribution in [1.29, 1.82) is 0 Å². The summed E-state index contributed by atoms with van der Waals surface area (Å²) in [5, 5.41) is 6.00. The van der Waals surface area contributed by atoms with E-state index in [0.29, 0.717) is 11.5 Å². The zero-order chi connectivity index (χ0) is 17.2. The summed E-state index contributed by atoms with van der Waals surface area (Å²) in [6, 6.07) is 11.7. The Balaban J connectivity index is 1.41. The zero-order valence-electron chi connectivity index (χ0n) is 13.5. The number of hydrogen-bond donors (Lipinski definition) is 0. The minimum absolute atomic E-state index is 0.0387. The first-order valence-corrected chi connectivity index (χ1v) is 9.79. The highest BCUT2D eigenvalue weighted by atomic mass is 32.2. The molecule has 3 heterocycles. The van der Waals surface area contributed by atoms with Crippen molar-refractivity contribution in [1.82, 2.24) is 14.5 Å². The van der Waals surface area contributed by atoms with E-state index in [9.17, 15) is 4.79 Å². The van der Waals surface area contributed by atoms with Gasteiger partial charge in [-0.1, -0.05) is 35.0 Å². The minimum Gasteiger partial charge on any atom is -0.360 e. The lowest BCUT2D eigenvalue weighted by molar-refractivity contribution is 0.397. The number of thiazole rings is 1. The SMILES string of the molecule is Cc1ccc(-c2cc(CSCc3cc(=O)n4ccsc4n3)on2)cc1. The quantitative estimate of drug-likeness (QED) is 0.529. The van der Waals surface area contributed by atoms with Crippen LogP contribution in [0.1, 0.15) is 17.0 Å². The zero-order valence-corrected chi connectivity index (χ0v) is 15.1. The smallest absolute Gasteiger partial charge is 0.258 e. The fourth-order valence-corrected chi connectivity index (χ4v) is 3.99. The molecule has 5 nitrogen and oxygen atoms in total. The van der Waals surface area contributed by atoms with Gasteiger partial charge in [0.05, 0.1) is 11.4 Å². The molecule has 0 saturated heterocycles. The summed E-state index contributed by atoms with van der Waals surface area (Å²) < 4.78 is 6.97. The van der Waals surface area contributed by atoms with Gasteiger partial charge in [-0.2, -0.15) is 0 Å². The Labute approximate surface area is 152 Å². The molecule has 3 aromatic heterocycles. The maximum Gasteiger partial charge on any atom is 0.258 e. The highest BCUT2D eigenvalue weighted by Crippen LogP contribution is 2.23. The second kappa shape index (κ2) is 6.85. The van der Waals surface area contributed by atoms with Crippen LogP contribution in [0.25, 0.3) is 16.2 Å². The van der Waals surface area contributed by atoms with Gasteiger partial charge < -0.3 is 4.52 Å². The average Bonchev–Trinajstić information content (AvgIpc) is 3.25. The molecule has 1 aromatic carbocycles. The molecule has 0 unspecified atom stereocenters. The van der Waals surface area contributed by atoms with Crippen LogP contribution in [0.3, 0.4) is 0 Å². The molecule has 0 atom stereocenters. The Morgan fingerprint density at radius 2 is 2.04 bits per heavy atom. The van der Waals surface area contributed by atoms with Crippen molar-refractivity contribution in [3.8, 4) is 11.3 Å². The lowest BCUT2D eigenvalue weighted by atomic mass is 10.1. The minimum atomic E-state index is -0.0387. The molecule has 4 rings (SSSR count).